The number of ether oxygens (including phenoxy) is 1. The zero-order valence-electron chi connectivity index (χ0n) is 24.3. The topological polar surface area (TPSA) is 120 Å². The Kier molecular flexibility index (Phi) is 10.7. The molecule has 0 bridgehead atoms. The monoisotopic (exact) mass is 578 g/mol. The lowest BCUT2D eigenvalue weighted by molar-refractivity contribution is -0.121. The van der Waals surface area contributed by atoms with Crippen LogP contribution in [0.15, 0.2) is 54.7 Å². The number of halogens is 1. The van der Waals surface area contributed by atoms with Crippen molar-refractivity contribution in [1.82, 2.24) is 20.2 Å². The Bertz CT molecular complexity index is 1370. The van der Waals surface area contributed by atoms with E-state index in [9.17, 15) is 19.1 Å². The maximum absolute atomic E-state index is 14.8. The number of hydrogen-bond donors (Lipinski definition) is 3. The summed E-state index contributed by atoms with van der Waals surface area (Å²) < 4.78 is 20.6. The molecule has 2 heterocycles. The second-order valence-electron chi connectivity index (χ2n) is 10.8. The summed E-state index contributed by atoms with van der Waals surface area (Å²) in [6.07, 6.45) is 3.96. The van der Waals surface area contributed by atoms with Gasteiger partial charge in [-0.25, -0.2) is 19.1 Å². The number of carbonyl (C=O) groups is 2. The summed E-state index contributed by atoms with van der Waals surface area (Å²) in [5.74, 6) is 0.202. The third kappa shape index (κ3) is 8.62. The van der Waals surface area contributed by atoms with Gasteiger partial charge in [-0.05, 0) is 76.0 Å². The second-order valence-corrected chi connectivity index (χ2v) is 10.8. The van der Waals surface area contributed by atoms with Crippen LogP contribution in [0, 0.1) is 11.7 Å². The van der Waals surface area contributed by atoms with Gasteiger partial charge in [-0.3, -0.25) is 4.79 Å². The maximum atomic E-state index is 14.8. The number of carbonyl (C=O) groups excluding carboxylic acids is 1. The molecular weight excluding hydrogens is 539 g/mol. The minimum absolute atomic E-state index is 0.0514. The molecule has 2 atom stereocenters. The molecule has 0 spiro atoms. The lowest BCUT2D eigenvalue weighted by Gasteiger charge is -2.29. The van der Waals surface area contributed by atoms with E-state index in [1.54, 1.807) is 30.3 Å². The van der Waals surface area contributed by atoms with E-state index in [2.05, 4.69) is 32.5 Å². The fourth-order valence-electron chi connectivity index (χ4n) is 4.87. The highest BCUT2D eigenvalue weighted by Gasteiger charge is 2.21. The Morgan fingerprint density at radius 2 is 2.07 bits per heavy atom. The van der Waals surface area contributed by atoms with Gasteiger partial charge in [0.2, 0.25) is 11.9 Å². The van der Waals surface area contributed by atoms with E-state index in [4.69, 9.17) is 4.74 Å². The number of aryl methyl sites for hydroxylation is 1. The Hall–Kier alpha value is -4.25. The molecular formula is C31H39FN6O4. The van der Waals surface area contributed by atoms with Gasteiger partial charge in [0, 0.05) is 48.9 Å². The average Bonchev–Trinajstić information content (AvgIpc) is 2.96. The Morgan fingerprint density at radius 3 is 2.81 bits per heavy atom. The molecule has 2 unspecified atom stereocenters. The van der Waals surface area contributed by atoms with E-state index in [0.29, 0.717) is 36.7 Å². The van der Waals surface area contributed by atoms with E-state index in [0.717, 1.165) is 42.8 Å². The summed E-state index contributed by atoms with van der Waals surface area (Å²) in [5.41, 5.74) is 1.59. The zero-order chi connectivity index (χ0) is 30.1. The van der Waals surface area contributed by atoms with Gasteiger partial charge in [0.05, 0.1) is 12.3 Å². The van der Waals surface area contributed by atoms with Gasteiger partial charge in [0.1, 0.15) is 5.82 Å². The summed E-state index contributed by atoms with van der Waals surface area (Å²) >= 11 is 0. The van der Waals surface area contributed by atoms with E-state index < -0.39 is 11.9 Å². The van der Waals surface area contributed by atoms with Gasteiger partial charge in [-0.15, -0.1) is 0 Å². The molecule has 1 saturated heterocycles. The third-order valence-electron chi connectivity index (χ3n) is 7.28. The molecule has 0 saturated carbocycles. The number of piperidine rings is 1. The highest BCUT2D eigenvalue weighted by Crippen LogP contribution is 2.28. The predicted octanol–water partition coefficient (Wildman–Crippen LogP) is 5.74. The van der Waals surface area contributed by atoms with Crippen molar-refractivity contribution in [3.63, 3.8) is 0 Å². The van der Waals surface area contributed by atoms with Crippen LogP contribution in [0.2, 0.25) is 0 Å². The van der Waals surface area contributed by atoms with Crippen molar-refractivity contribution < 1.29 is 23.8 Å². The Morgan fingerprint density at radius 1 is 1.24 bits per heavy atom. The van der Waals surface area contributed by atoms with Crippen molar-refractivity contribution in [3.8, 4) is 5.75 Å². The van der Waals surface area contributed by atoms with Crippen LogP contribution in [0.3, 0.4) is 0 Å². The Labute approximate surface area is 245 Å². The van der Waals surface area contributed by atoms with Crippen LogP contribution in [0.5, 0.6) is 5.75 Å². The van der Waals surface area contributed by atoms with Crippen LogP contribution in [0.1, 0.15) is 45.1 Å². The SMILES string of the molecule is CCC(C)NC(=O)CCc1cccc(N(C(=O)O)c2ccnc(Nc3ccc(OCC4CCCN(C)C4)c(F)c3)n2)c1. The van der Waals surface area contributed by atoms with Crippen molar-refractivity contribution in [1.29, 1.82) is 0 Å². The van der Waals surface area contributed by atoms with Crippen LogP contribution < -0.4 is 20.3 Å². The summed E-state index contributed by atoms with van der Waals surface area (Å²) in [6, 6.07) is 13.1. The number of aromatic nitrogens is 2. The molecule has 224 valence electrons. The molecule has 3 N–H and O–H groups in total. The minimum atomic E-state index is -1.23. The summed E-state index contributed by atoms with van der Waals surface area (Å²) in [4.78, 5) is 36.3. The molecule has 0 radical (unpaired) electrons. The zero-order valence-corrected chi connectivity index (χ0v) is 24.3. The molecule has 3 aromatic rings. The van der Waals surface area contributed by atoms with Crippen molar-refractivity contribution in [2.75, 3.05) is 37.0 Å². The first kappa shape index (κ1) is 30.7. The van der Waals surface area contributed by atoms with Crippen molar-refractivity contribution in [2.24, 2.45) is 5.92 Å². The number of anilines is 4. The lowest BCUT2D eigenvalue weighted by atomic mass is 10.00. The molecule has 4 rings (SSSR count). The van der Waals surface area contributed by atoms with Gasteiger partial charge in [-0.2, -0.15) is 4.98 Å². The number of amides is 2. The van der Waals surface area contributed by atoms with Crippen LogP contribution in [-0.4, -0.2) is 64.8 Å². The number of nitrogens with zero attached hydrogens (tertiary/aromatic N) is 4. The van der Waals surface area contributed by atoms with Gasteiger partial charge in [0.15, 0.2) is 11.6 Å². The van der Waals surface area contributed by atoms with E-state index in [1.165, 1.54) is 18.3 Å². The van der Waals surface area contributed by atoms with Crippen LogP contribution in [0.4, 0.5) is 32.3 Å². The van der Waals surface area contributed by atoms with Crippen molar-refractivity contribution in [3.05, 3.63) is 66.1 Å². The first-order chi connectivity index (χ1) is 20.2. The molecule has 1 fully saturated rings. The lowest BCUT2D eigenvalue weighted by Crippen LogP contribution is -2.34. The molecule has 1 aliphatic heterocycles. The molecule has 0 aliphatic carbocycles. The number of likely N-dealkylation sites (tertiary alicyclic amines) is 1. The van der Waals surface area contributed by atoms with Crippen molar-refractivity contribution >= 4 is 35.1 Å². The Balaban J connectivity index is 1.42. The average molecular weight is 579 g/mol. The summed E-state index contributed by atoms with van der Waals surface area (Å²) in [5, 5.41) is 15.9. The van der Waals surface area contributed by atoms with Gasteiger partial charge >= 0.3 is 6.09 Å². The molecule has 42 heavy (non-hydrogen) atoms. The minimum Gasteiger partial charge on any atom is -0.490 e. The van der Waals surface area contributed by atoms with Crippen molar-refractivity contribution in [2.45, 2.75) is 52.0 Å². The van der Waals surface area contributed by atoms with E-state index in [1.807, 2.05) is 19.9 Å². The second kappa shape index (κ2) is 14.6. The van der Waals surface area contributed by atoms with Crippen LogP contribution in [0.25, 0.3) is 0 Å². The van der Waals surface area contributed by atoms with Crippen LogP contribution in [-0.2, 0) is 11.2 Å². The normalized spacial score (nSPS) is 16.0. The third-order valence-corrected chi connectivity index (χ3v) is 7.28. The summed E-state index contributed by atoms with van der Waals surface area (Å²) in [6.45, 7) is 6.42. The first-order valence-electron chi connectivity index (χ1n) is 14.3. The van der Waals surface area contributed by atoms with E-state index in [-0.39, 0.29) is 29.5 Å². The fraction of sp³-hybridized carbons (Fsp3) is 0.419. The number of nitrogens with one attached hydrogen (secondary N) is 2. The standard InChI is InChI=1S/C31H39FN6O4/c1-4-21(2)34-29(39)13-10-22-7-5-9-25(17-22)38(31(40)41)28-14-15-33-30(36-28)35-24-11-12-27(26(32)18-24)42-20-23-8-6-16-37(3)19-23/h5,7,9,11-12,14-15,17-18,21,23H,4,6,8,10,13,16,19-20H2,1-3H3,(H,34,39)(H,40,41)(H,33,35,36). The molecule has 10 nitrogen and oxygen atoms in total. The van der Waals surface area contributed by atoms with Gasteiger partial charge in [-0.1, -0.05) is 19.1 Å². The fourth-order valence-corrected chi connectivity index (χ4v) is 4.87. The van der Waals surface area contributed by atoms with Gasteiger partial charge < -0.3 is 25.4 Å². The smallest absolute Gasteiger partial charge is 0.417 e. The first-order valence-corrected chi connectivity index (χ1v) is 14.3. The quantitative estimate of drug-likeness (QED) is 0.249. The highest BCUT2D eigenvalue weighted by molar-refractivity contribution is 5.93. The number of hydrogen-bond acceptors (Lipinski definition) is 7. The highest BCUT2D eigenvalue weighted by atomic mass is 19.1. The molecule has 11 heteroatoms. The largest absolute Gasteiger partial charge is 0.490 e. The molecule has 1 aliphatic rings. The molecule has 1 aromatic heterocycles. The number of rotatable bonds is 12. The van der Waals surface area contributed by atoms with Gasteiger partial charge in [0.25, 0.3) is 0 Å². The van der Waals surface area contributed by atoms with E-state index >= 15 is 0 Å². The van der Waals surface area contributed by atoms with Crippen LogP contribution >= 0.6 is 0 Å². The molecule has 2 aromatic carbocycles. The number of carboxylic acid groups (broad SMARTS) is 1. The summed E-state index contributed by atoms with van der Waals surface area (Å²) in [7, 11) is 2.08. The predicted molar refractivity (Wildman–Crippen MR) is 160 cm³/mol. The maximum Gasteiger partial charge on any atom is 0.417 e. The molecule has 2 amide bonds. The number of benzene rings is 2.